The lowest BCUT2D eigenvalue weighted by molar-refractivity contribution is 0.670. The third-order valence-corrected chi connectivity index (χ3v) is 5.45. The molecule has 0 aliphatic carbocycles. The maximum absolute atomic E-state index is 6.20. The molecule has 5 rings (SSSR count). The Kier molecular flexibility index (Phi) is 3.65. The molecule has 1 aromatic heterocycles. The van der Waals surface area contributed by atoms with E-state index in [0.29, 0.717) is 0 Å². The fraction of sp³-hybridized carbons (Fsp3) is 0. The van der Waals surface area contributed by atoms with Crippen LogP contribution < -0.4 is 0 Å². The Labute approximate surface area is 160 Å². The molecule has 0 N–H and O–H groups in total. The summed E-state index contributed by atoms with van der Waals surface area (Å²) in [5.41, 5.74) is 6.51. The molecule has 0 fully saturated rings. The first-order valence-electron chi connectivity index (χ1n) is 8.57. The van der Waals surface area contributed by atoms with E-state index >= 15 is 0 Å². The Morgan fingerprint density at radius 3 is 2.12 bits per heavy atom. The van der Waals surface area contributed by atoms with E-state index in [-0.39, 0.29) is 0 Å². The molecule has 124 valence electrons. The van der Waals surface area contributed by atoms with Crippen molar-refractivity contribution in [3.05, 3.63) is 95.5 Å². The molecule has 5 aromatic rings. The van der Waals surface area contributed by atoms with Crippen molar-refractivity contribution in [1.82, 2.24) is 0 Å². The zero-order valence-electron chi connectivity index (χ0n) is 13.9. The zero-order chi connectivity index (χ0) is 17.5. The van der Waals surface area contributed by atoms with Gasteiger partial charge in [-0.2, -0.15) is 0 Å². The van der Waals surface area contributed by atoms with Crippen LogP contribution in [0, 0.1) is 0 Å². The van der Waals surface area contributed by atoms with Crippen LogP contribution >= 0.6 is 15.9 Å². The highest BCUT2D eigenvalue weighted by Gasteiger charge is 2.12. The van der Waals surface area contributed by atoms with Crippen molar-refractivity contribution in [2.75, 3.05) is 0 Å². The minimum absolute atomic E-state index is 0.928. The van der Waals surface area contributed by atoms with E-state index in [0.717, 1.165) is 37.5 Å². The number of rotatable bonds is 2. The van der Waals surface area contributed by atoms with E-state index < -0.39 is 0 Å². The van der Waals surface area contributed by atoms with Crippen LogP contribution in [0.3, 0.4) is 0 Å². The van der Waals surface area contributed by atoms with Gasteiger partial charge < -0.3 is 4.42 Å². The first-order valence-corrected chi connectivity index (χ1v) is 9.36. The van der Waals surface area contributed by atoms with Gasteiger partial charge >= 0.3 is 0 Å². The van der Waals surface area contributed by atoms with Crippen molar-refractivity contribution >= 4 is 37.9 Å². The van der Waals surface area contributed by atoms with Gasteiger partial charge in [0.05, 0.1) is 0 Å². The summed E-state index contributed by atoms with van der Waals surface area (Å²) in [5.74, 6) is 0. The Balaban J connectivity index is 1.74. The first kappa shape index (κ1) is 15.4. The van der Waals surface area contributed by atoms with Crippen molar-refractivity contribution in [3.63, 3.8) is 0 Å². The monoisotopic (exact) mass is 398 g/mol. The van der Waals surface area contributed by atoms with Crippen LogP contribution in [0.5, 0.6) is 0 Å². The second-order valence-corrected chi connectivity index (χ2v) is 7.20. The van der Waals surface area contributed by atoms with Gasteiger partial charge in [-0.05, 0) is 34.9 Å². The molecular formula is C24H15BrO. The second kappa shape index (κ2) is 6.15. The third-order valence-electron chi connectivity index (χ3n) is 4.76. The molecule has 0 amide bonds. The van der Waals surface area contributed by atoms with E-state index in [1.165, 1.54) is 11.1 Å². The summed E-state index contributed by atoms with van der Waals surface area (Å²) in [4.78, 5) is 0. The van der Waals surface area contributed by atoms with Crippen molar-refractivity contribution in [1.29, 1.82) is 0 Å². The number of hydrogen-bond acceptors (Lipinski definition) is 1. The molecule has 0 radical (unpaired) electrons. The third kappa shape index (κ3) is 2.46. The number of hydrogen-bond donors (Lipinski definition) is 0. The average Bonchev–Trinajstić information content (AvgIpc) is 3.07. The number of halogens is 1. The average molecular weight is 399 g/mol. The Morgan fingerprint density at radius 2 is 1.23 bits per heavy atom. The fourth-order valence-electron chi connectivity index (χ4n) is 3.52. The smallest absolute Gasteiger partial charge is 0.143 e. The lowest BCUT2D eigenvalue weighted by Crippen LogP contribution is -1.83. The van der Waals surface area contributed by atoms with Crippen LogP contribution in [0.25, 0.3) is 44.2 Å². The predicted molar refractivity (Wildman–Crippen MR) is 112 cm³/mol. The van der Waals surface area contributed by atoms with Gasteiger partial charge in [0.15, 0.2) is 0 Å². The first-order chi connectivity index (χ1) is 12.8. The molecule has 0 bridgehead atoms. The van der Waals surface area contributed by atoms with Crippen molar-refractivity contribution in [3.8, 4) is 22.3 Å². The summed E-state index contributed by atoms with van der Waals surface area (Å²) in [6.07, 6.45) is 0. The summed E-state index contributed by atoms with van der Waals surface area (Å²) in [5, 5.41) is 2.32. The molecular weight excluding hydrogens is 384 g/mol. The van der Waals surface area contributed by atoms with Crippen LogP contribution in [-0.2, 0) is 0 Å². The van der Waals surface area contributed by atoms with Crippen LogP contribution in [-0.4, -0.2) is 0 Å². The highest BCUT2D eigenvalue weighted by molar-refractivity contribution is 9.10. The molecule has 0 spiro atoms. The van der Waals surface area contributed by atoms with Crippen molar-refractivity contribution in [2.45, 2.75) is 0 Å². The highest BCUT2D eigenvalue weighted by atomic mass is 79.9. The summed E-state index contributed by atoms with van der Waals surface area (Å²) in [7, 11) is 0. The molecule has 1 heterocycles. The molecule has 26 heavy (non-hydrogen) atoms. The van der Waals surface area contributed by atoms with Gasteiger partial charge in [-0.3, -0.25) is 0 Å². The minimum Gasteiger partial charge on any atom is -0.455 e. The largest absolute Gasteiger partial charge is 0.455 e. The maximum Gasteiger partial charge on any atom is 0.143 e. The predicted octanol–water partition coefficient (Wildman–Crippen LogP) is 7.68. The quantitative estimate of drug-likeness (QED) is 0.297. The Hall–Kier alpha value is -2.84. The van der Waals surface area contributed by atoms with E-state index in [2.05, 4.69) is 88.7 Å². The summed E-state index contributed by atoms with van der Waals surface area (Å²) >= 11 is 3.66. The summed E-state index contributed by atoms with van der Waals surface area (Å²) < 4.78 is 7.29. The summed E-state index contributed by atoms with van der Waals surface area (Å²) in [6.45, 7) is 0. The van der Waals surface area contributed by atoms with Gasteiger partial charge in [-0.15, -0.1) is 0 Å². The number of benzene rings is 4. The number of fused-ring (bicyclic) bond motifs is 3. The maximum atomic E-state index is 6.20. The second-order valence-electron chi connectivity index (χ2n) is 6.34. The fourth-order valence-corrected chi connectivity index (χ4v) is 4.04. The van der Waals surface area contributed by atoms with Crippen molar-refractivity contribution < 1.29 is 4.42 Å². The van der Waals surface area contributed by atoms with Gasteiger partial charge in [0, 0.05) is 20.8 Å². The van der Waals surface area contributed by atoms with Gasteiger partial charge in [0.25, 0.3) is 0 Å². The standard InChI is InChI=1S/C24H15BrO/c25-22-13-3-1-9-18(22)16-7-5-8-17(15-16)19-11-6-12-21-20-10-2-4-14-23(20)26-24(19)21/h1-15H. The SMILES string of the molecule is Brc1ccccc1-c1cccc(-c2cccc3c2oc2ccccc23)c1. The van der Waals surface area contributed by atoms with Crippen molar-refractivity contribution in [2.24, 2.45) is 0 Å². The van der Waals surface area contributed by atoms with Gasteiger partial charge in [-0.1, -0.05) is 88.7 Å². The topological polar surface area (TPSA) is 13.1 Å². The molecule has 2 heteroatoms. The zero-order valence-corrected chi connectivity index (χ0v) is 15.5. The van der Waals surface area contributed by atoms with Crippen LogP contribution in [0.1, 0.15) is 0 Å². The van der Waals surface area contributed by atoms with Crippen LogP contribution in [0.4, 0.5) is 0 Å². The van der Waals surface area contributed by atoms with Crippen LogP contribution in [0.2, 0.25) is 0 Å². The molecule has 4 aromatic carbocycles. The van der Waals surface area contributed by atoms with Gasteiger partial charge in [-0.25, -0.2) is 0 Å². The Bertz CT molecular complexity index is 1250. The van der Waals surface area contributed by atoms with E-state index in [1.54, 1.807) is 0 Å². The van der Waals surface area contributed by atoms with Gasteiger partial charge in [0.2, 0.25) is 0 Å². The molecule has 0 aliphatic heterocycles. The molecule has 0 atom stereocenters. The molecule has 0 aliphatic rings. The molecule has 0 saturated heterocycles. The lowest BCUT2D eigenvalue weighted by Gasteiger charge is -2.08. The van der Waals surface area contributed by atoms with E-state index in [1.807, 2.05) is 18.2 Å². The van der Waals surface area contributed by atoms with E-state index in [4.69, 9.17) is 4.42 Å². The van der Waals surface area contributed by atoms with Gasteiger partial charge in [0.1, 0.15) is 11.2 Å². The summed E-state index contributed by atoms with van der Waals surface area (Å²) in [6, 6.07) is 31.5. The minimum atomic E-state index is 0.928. The lowest BCUT2D eigenvalue weighted by atomic mass is 9.98. The van der Waals surface area contributed by atoms with Crippen LogP contribution in [0.15, 0.2) is 99.9 Å². The van der Waals surface area contributed by atoms with E-state index in [9.17, 15) is 0 Å². The number of para-hydroxylation sites is 2. The highest BCUT2D eigenvalue weighted by Crippen LogP contribution is 2.37. The Morgan fingerprint density at radius 1 is 0.577 bits per heavy atom. The number of furan rings is 1. The normalized spacial score (nSPS) is 11.3. The molecule has 0 saturated carbocycles. The molecule has 1 nitrogen and oxygen atoms in total. The molecule has 0 unspecified atom stereocenters.